The highest BCUT2D eigenvalue weighted by Gasteiger charge is 2.39. The Morgan fingerprint density at radius 1 is 1.40 bits per heavy atom. The van der Waals surface area contributed by atoms with Crippen LogP contribution < -0.4 is 0 Å². The number of benzene rings is 1. The molecule has 0 unspecified atom stereocenters. The lowest BCUT2D eigenvalue weighted by Gasteiger charge is -2.31. The molecule has 5 heteroatoms. The van der Waals surface area contributed by atoms with Crippen LogP contribution >= 0.6 is 11.6 Å². The second-order valence-corrected chi connectivity index (χ2v) is 6.18. The molecule has 0 atom stereocenters. The zero-order valence-corrected chi connectivity index (χ0v) is 12.4. The van der Waals surface area contributed by atoms with Crippen LogP contribution in [0.3, 0.4) is 0 Å². The number of amides is 1. The van der Waals surface area contributed by atoms with Gasteiger partial charge in [-0.15, -0.1) is 11.6 Å². The quantitative estimate of drug-likeness (QED) is 0.759. The van der Waals surface area contributed by atoms with Crippen LogP contribution in [0.25, 0.3) is 0 Å². The first-order valence-electron chi connectivity index (χ1n) is 6.66. The molecule has 0 saturated heterocycles. The molecule has 1 aliphatic carbocycles. The summed E-state index contributed by atoms with van der Waals surface area (Å²) in [4.78, 5) is 14.2. The van der Waals surface area contributed by atoms with Gasteiger partial charge in [-0.25, -0.2) is 8.78 Å². The van der Waals surface area contributed by atoms with Crippen LogP contribution in [-0.4, -0.2) is 22.7 Å². The van der Waals surface area contributed by atoms with Crippen LogP contribution in [0.15, 0.2) is 18.2 Å². The lowest BCUT2D eigenvalue weighted by Crippen LogP contribution is -2.43. The zero-order valence-electron chi connectivity index (χ0n) is 11.6. The fourth-order valence-electron chi connectivity index (χ4n) is 2.03. The molecule has 1 saturated carbocycles. The van der Waals surface area contributed by atoms with Crippen LogP contribution in [0, 0.1) is 17.0 Å². The first kappa shape index (κ1) is 15.2. The lowest BCUT2D eigenvalue weighted by molar-refractivity contribution is -0.140. The van der Waals surface area contributed by atoms with Crippen molar-refractivity contribution in [3.05, 3.63) is 35.4 Å². The number of carbonyl (C=O) groups excluding carboxylic acids is 1. The topological polar surface area (TPSA) is 20.3 Å². The average molecular weight is 302 g/mol. The van der Waals surface area contributed by atoms with Gasteiger partial charge in [-0.2, -0.15) is 0 Å². The van der Waals surface area contributed by atoms with Gasteiger partial charge in [0.2, 0.25) is 5.91 Å². The monoisotopic (exact) mass is 301 g/mol. The summed E-state index contributed by atoms with van der Waals surface area (Å²) >= 11 is 5.84. The Kier molecular flexibility index (Phi) is 4.33. The molecular formula is C15H18ClF2NO. The molecule has 110 valence electrons. The first-order chi connectivity index (χ1) is 9.35. The third-order valence-corrected chi connectivity index (χ3v) is 4.19. The van der Waals surface area contributed by atoms with E-state index in [1.807, 2.05) is 0 Å². The Bertz CT molecular complexity index is 515. The van der Waals surface area contributed by atoms with E-state index in [9.17, 15) is 13.6 Å². The van der Waals surface area contributed by atoms with Crippen molar-refractivity contribution in [2.24, 2.45) is 5.41 Å². The van der Waals surface area contributed by atoms with Crippen molar-refractivity contribution in [3.8, 4) is 0 Å². The van der Waals surface area contributed by atoms with Crippen molar-refractivity contribution in [1.82, 2.24) is 4.90 Å². The molecule has 0 aliphatic heterocycles. The Hall–Kier alpha value is -1.16. The van der Waals surface area contributed by atoms with Gasteiger partial charge in [0.25, 0.3) is 0 Å². The molecule has 1 aromatic rings. The molecule has 0 bridgehead atoms. The van der Waals surface area contributed by atoms with Crippen LogP contribution in [0.2, 0.25) is 0 Å². The highest BCUT2D eigenvalue weighted by Crippen LogP contribution is 2.33. The molecule has 0 aromatic heterocycles. The molecule has 0 radical (unpaired) electrons. The lowest BCUT2D eigenvalue weighted by atomic mass is 9.94. The number of nitrogens with zero attached hydrogens (tertiary/aromatic N) is 1. The molecule has 20 heavy (non-hydrogen) atoms. The molecule has 0 N–H and O–H groups in total. The van der Waals surface area contributed by atoms with Gasteiger partial charge in [-0.05, 0) is 32.8 Å². The van der Waals surface area contributed by atoms with Crippen LogP contribution in [0.5, 0.6) is 0 Å². The minimum atomic E-state index is -0.680. The third-order valence-electron chi connectivity index (χ3n) is 3.52. The maximum atomic E-state index is 13.7. The highest BCUT2D eigenvalue weighted by atomic mass is 35.5. The van der Waals surface area contributed by atoms with Crippen LogP contribution in [0.1, 0.15) is 32.3 Å². The summed E-state index contributed by atoms with van der Waals surface area (Å²) in [6.45, 7) is 3.72. The first-order valence-corrected chi connectivity index (χ1v) is 7.19. The number of halogens is 3. The van der Waals surface area contributed by atoms with Crippen LogP contribution in [-0.2, 0) is 11.3 Å². The van der Waals surface area contributed by atoms with Gasteiger partial charge < -0.3 is 4.90 Å². The second kappa shape index (κ2) is 5.68. The van der Waals surface area contributed by atoms with E-state index < -0.39 is 17.0 Å². The van der Waals surface area contributed by atoms with E-state index in [2.05, 4.69) is 0 Å². The van der Waals surface area contributed by atoms with Crippen molar-refractivity contribution in [2.75, 3.05) is 5.88 Å². The normalized spacial score (nSPS) is 15.2. The Morgan fingerprint density at radius 2 is 2.05 bits per heavy atom. The van der Waals surface area contributed by atoms with Crippen molar-refractivity contribution >= 4 is 17.5 Å². The number of rotatable bonds is 5. The maximum absolute atomic E-state index is 13.7. The summed E-state index contributed by atoms with van der Waals surface area (Å²) < 4.78 is 26.7. The molecule has 1 fully saturated rings. The fourth-order valence-corrected chi connectivity index (χ4v) is 2.15. The van der Waals surface area contributed by atoms with Crippen molar-refractivity contribution in [1.29, 1.82) is 0 Å². The third kappa shape index (κ3) is 3.29. The number of hydrogen-bond acceptors (Lipinski definition) is 1. The average Bonchev–Trinajstić information content (AvgIpc) is 3.21. The Labute approximate surface area is 122 Å². The largest absolute Gasteiger partial charge is 0.335 e. The van der Waals surface area contributed by atoms with Gasteiger partial charge in [0.15, 0.2) is 0 Å². The van der Waals surface area contributed by atoms with Crippen molar-refractivity contribution < 1.29 is 13.6 Å². The standard InChI is InChI=1S/C15H18ClF2NO/c1-15(2,9-16)14(20)19(12-5-6-12)8-10-3-4-11(17)7-13(10)18/h3-4,7,12H,5-6,8-9H2,1-2H3. The summed E-state index contributed by atoms with van der Waals surface area (Å²) in [6.07, 6.45) is 1.85. The maximum Gasteiger partial charge on any atom is 0.229 e. The summed E-state index contributed by atoms with van der Waals surface area (Å²) in [5, 5.41) is 0. The van der Waals surface area contributed by atoms with Gasteiger partial charge >= 0.3 is 0 Å². The van der Waals surface area contributed by atoms with Crippen molar-refractivity contribution in [2.45, 2.75) is 39.3 Å². The SMILES string of the molecule is CC(C)(CCl)C(=O)N(Cc1ccc(F)cc1F)C1CC1. The molecule has 2 rings (SSSR count). The smallest absolute Gasteiger partial charge is 0.229 e. The summed E-state index contributed by atoms with van der Waals surface area (Å²) in [6, 6.07) is 3.59. The molecular weight excluding hydrogens is 284 g/mol. The summed E-state index contributed by atoms with van der Waals surface area (Å²) in [7, 11) is 0. The van der Waals surface area contributed by atoms with Gasteiger partial charge in [0, 0.05) is 30.1 Å². The summed E-state index contributed by atoms with van der Waals surface area (Å²) in [5.74, 6) is -1.11. The number of carbonyl (C=O) groups is 1. The molecule has 1 amide bonds. The Morgan fingerprint density at radius 3 is 2.55 bits per heavy atom. The Balaban J connectivity index is 2.20. The number of alkyl halides is 1. The predicted octanol–water partition coefficient (Wildman–Crippen LogP) is 3.72. The van der Waals surface area contributed by atoms with Crippen LogP contribution in [0.4, 0.5) is 8.78 Å². The summed E-state index contributed by atoms with van der Waals surface area (Å²) in [5.41, 5.74) is -0.349. The van der Waals surface area contributed by atoms with E-state index in [4.69, 9.17) is 11.6 Å². The van der Waals surface area contributed by atoms with E-state index in [1.165, 1.54) is 12.1 Å². The molecule has 0 spiro atoms. The van der Waals surface area contributed by atoms with E-state index in [0.717, 1.165) is 18.9 Å². The van der Waals surface area contributed by atoms with Gasteiger partial charge in [0.1, 0.15) is 11.6 Å². The van der Waals surface area contributed by atoms with E-state index in [1.54, 1.807) is 18.7 Å². The molecule has 0 heterocycles. The van der Waals surface area contributed by atoms with E-state index in [-0.39, 0.29) is 24.4 Å². The van der Waals surface area contributed by atoms with Gasteiger partial charge in [-0.3, -0.25) is 4.79 Å². The van der Waals surface area contributed by atoms with Gasteiger partial charge in [0.05, 0.1) is 5.41 Å². The van der Waals surface area contributed by atoms with E-state index in [0.29, 0.717) is 5.56 Å². The predicted molar refractivity (Wildman–Crippen MR) is 74.4 cm³/mol. The zero-order chi connectivity index (χ0) is 14.9. The fraction of sp³-hybridized carbons (Fsp3) is 0.533. The van der Waals surface area contributed by atoms with Gasteiger partial charge in [-0.1, -0.05) is 6.07 Å². The van der Waals surface area contributed by atoms with E-state index >= 15 is 0 Å². The number of hydrogen-bond donors (Lipinski definition) is 0. The molecule has 2 nitrogen and oxygen atoms in total. The van der Waals surface area contributed by atoms with Crippen molar-refractivity contribution in [3.63, 3.8) is 0 Å². The molecule has 1 aliphatic rings. The highest BCUT2D eigenvalue weighted by molar-refractivity contribution is 6.19. The minimum Gasteiger partial charge on any atom is -0.335 e. The minimum absolute atomic E-state index is 0.0845. The second-order valence-electron chi connectivity index (χ2n) is 5.92. The molecule has 1 aromatic carbocycles.